The molecule has 114 valence electrons. The Morgan fingerprint density at radius 1 is 1.43 bits per heavy atom. The van der Waals surface area contributed by atoms with Crippen LogP contribution in [-0.4, -0.2) is 36.2 Å². The van der Waals surface area contributed by atoms with Gasteiger partial charge in [0.25, 0.3) is 0 Å². The van der Waals surface area contributed by atoms with Gasteiger partial charge in [0.2, 0.25) is 0 Å². The largest absolute Gasteiger partial charge is 0.485 e. The van der Waals surface area contributed by atoms with Gasteiger partial charge in [-0.05, 0) is 37.6 Å². The van der Waals surface area contributed by atoms with E-state index in [1.54, 1.807) is 0 Å². The zero-order valence-electron chi connectivity index (χ0n) is 12.6. The summed E-state index contributed by atoms with van der Waals surface area (Å²) in [7, 11) is 0. The summed E-state index contributed by atoms with van der Waals surface area (Å²) >= 11 is 3.59. The summed E-state index contributed by atoms with van der Waals surface area (Å²) in [4.78, 5) is 2.65. The fourth-order valence-corrected chi connectivity index (χ4v) is 4.33. The van der Waals surface area contributed by atoms with Gasteiger partial charge in [-0.1, -0.05) is 22.9 Å². The van der Waals surface area contributed by atoms with Crippen LogP contribution in [0.1, 0.15) is 44.2 Å². The predicted octanol–water partition coefficient (Wildman–Crippen LogP) is 3.49. The molecule has 3 nitrogen and oxygen atoms in total. The molecule has 2 fully saturated rings. The van der Waals surface area contributed by atoms with Crippen LogP contribution in [0.3, 0.4) is 0 Å². The highest BCUT2D eigenvalue weighted by Crippen LogP contribution is 2.46. The van der Waals surface area contributed by atoms with Crippen molar-refractivity contribution in [3.63, 3.8) is 0 Å². The minimum Gasteiger partial charge on any atom is -0.485 e. The molecule has 2 heterocycles. The second kappa shape index (κ2) is 5.25. The van der Waals surface area contributed by atoms with E-state index in [9.17, 15) is 0 Å². The van der Waals surface area contributed by atoms with Crippen molar-refractivity contribution in [3.05, 3.63) is 28.2 Å². The summed E-state index contributed by atoms with van der Waals surface area (Å²) in [5, 5.41) is 3.66. The molecule has 0 aromatic heterocycles. The van der Waals surface area contributed by atoms with E-state index in [0.717, 1.165) is 35.8 Å². The number of halogens is 1. The zero-order valence-corrected chi connectivity index (χ0v) is 14.2. The maximum absolute atomic E-state index is 6.52. The van der Waals surface area contributed by atoms with E-state index in [4.69, 9.17) is 4.74 Å². The lowest BCUT2D eigenvalue weighted by Crippen LogP contribution is -2.46. The third kappa shape index (κ3) is 2.62. The number of fused-ring (bicyclic) bond motifs is 1. The molecule has 4 heteroatoms. The molecular weight excluding hydrogens is 328 g/mol. The number of benzene rings is 1. The van der Waals surface area contributed by atoms with Crippen LogP contribution in [0, 0.1) is 0 Å². The first-order valence-corrected chi connectivity index (χ1v) is 8.94. The Morgan fingerprint density at radius 3 is 3.05 bits per heavy atom. The molecule has 1 saturated carbocycles. The van der Waals surface area contributed by atoms with Gasteiger partial charge in [0, 0.05) is 48.1 Å². The quantitative estimate of drug-likeness (QED) is 0.902. The van der Waals surface area contributed by atoms with Gasteiger partial charge in [-0.3, -0.25) is 4.90 Å². The molecule has 21 heavy (non-hydrogen) atoms. The van der Waals surface area contributed by atoms with Gasteiger partial charge in [-0.2, -0.15) is 0 Å². The molecular formula is C17H23BrN2O. The maximum atomic E-state index is 6.52. The Morgan fingerprint density at radius 2 is 2.29 bits per heavy atom. The summed E-state index contributed by atoms with van der Waals surface area (Å²) in [6.45, 7) is 5.49. The smallest absolute Gasteiger partial charge is 0.125 e. The minimum atomic E-state index is 0.0241. The average Bonchev–Trinajstić information content (AvgIpc) is 3.24. The first-order chi connectivity index (χ1) is 10.2. The Hall–Kier alpha value is -0.580. The van der Waals surface area contributed by atoms with Crippen LogP contribution in [0.4, 0.5) is 0 Å². The molecule has 2 aliphatic heterocycles. The second-order valence-corrected chi connectivity index (χ2v) is 7.65. The highest BCUT2D eigenvalue weighted by Gasteiger charge is 2.48. The molecule has 0 bridgehead atoms. The number of rotatable bonds is 3. The van der Waals surface area contributed by atoms with Crippen molar-refractivity contribution >= 4 is 15.9 Å². The SMILES string of the molecule is CCNC1CC2(CCN(C3CC3)C2)Oc2ccc(Br)cc21. The Labute approximate surface area is 135 Å². The molecule has 2 atom stereocenters. The first kappa shape index (κ1) is 14.0. The highest BCUT2D eigenvalue weighted by molar-refractivity contribution is 9.10. The van der Waals surface area contributed by atoms with Crippen molar-refractivity contribution in [2.45, 2.75) is 50.3 Å². The van der Waals surface area contributed by atoms with Crippen LogP contribution >= 0.6 is 15.9 Å². The summed E-state index contributed by atoms with van der Waals surface area (Å²) in [5.74, 6) is 1.08. The lowest BCUT2D eigenvalue weighted by atomic mass is 9.86. The third-order valence-electron chi connectivity index (χ3n) is 5.11. The number of nitrogens with one attached hydrogen (secondary N) is 1. The topological polar surface area (TPSA) is 24.5 Å². The molecule has 1 spiro atoms. The van der Waals surface area contributed by atoms with Gasteiger partial charge >= 0.3 is 0 Å². The molecule has 3 aliphatic rings. The van der Waals surface area contributed by atoms with Crippen molar-refractivity contribution in [1.82, 2.24) is 10.2 Å². The van der Waals surface area contributed by atoms with Crippen molar-refractivity contribution in [3.8, 4) is 5.75 Å². The summed E-state index contributed by atoms with van der Waals surface area (Å²) in [5.41, 5.74) is 1.33. The monoisotopic (exact) mass is 350 g/mol. The predicted molar refractivity (Wildman–Crippen MR) is 87.7 cm³/mol. The fourth-order valence-electron chi connectivity index (χ4n) is 3.95. The van der Waals surface area contributed by atoms with Crippen LogP contribution in [0.2, 0.25) is 0 Å². The van der Waals surface area contributed by atoms with Gasteiger partial charge in [-0.25, -0.2) is 0 Å². The van der Waals surface area contributed by atoms with Gasteiger partial charge in [-0.15, -0.1) is 0 Å². The number of ether oxygens (including phenoxy) is 1. The molecule has 1 aromatic carbocycles. The van der Waals surface area contributed by atoms with Crippen molar-refractivity contribution in [2.75, 3.05) is 19.6 Å². The Bertz CT molecular complexity index is 546. The lowest BCUT2D eigenvalue weighted by Gasteiger charge is -2.40. The Balaban J connectivity index is 1.62. The van der Waals surface area contributed by atoms with E-state index in [1.165, 1.54) is 31.4 Å². The zero-order chi connectivity index (χ0) is 14.4. The molecule has 1 aliphatic carbocycles. The minimum absolute atomic E-state index is 0.0241. The van der Waals surface area contributed by atoms with Crippen molar-refractivity contribution in [1.29, 1.82) is 0 Å². The van der Waals surface area contributed by atoms with E-state index in [-0.39, 0.29) is 5.60 Å². The van der Waals surface area contributed by atoms with Crippen molar-refractivity contribution < 1.29 is 4.74 Å². The molecule has 0 radical (unpaired) electrons. The van der Waals surface area contributed by atoms with Crippen LogP contribution in [0.15, 0.2) is 22.7 Å². The van der Waals surface area contributed by atoms with Crippen LogP contribution in [-0.2, 0) is 0 Å². The van der Waals surface area contributed by atoms with Gasteiger partial charge in [0.05, 0.1) is 0 Å². The molecule has 1 aromatic rings. The van der Waals surface area contributed by atoms with Crippen LogP contribution < -0.4 is 10.1 Å². The normalized spacial score (nSPS) is 32.2. The third-order valence-corrected chi connectivity index (χ3v) is 5.60. The number of hydrogen-bond acceptors (Lipinski definition) is 3. The van der Waals surface area contributed by atoms with E-state index in [1.807, 2.05) is 0 Å². The van der Waals surface area contributed by atoms with Gasteiger partial charge in [0.15, 0.2) is 0 Å². The molecule has 0 amide bonds. The lowest BCUT2D eigenvalue weighted by molar-refractivity contribution is 0.0379. The first-order valence-electron chi connectivity index (χ1n) is 8.15. The highest BCUT2D eigenvalue weighted by atomic mass is 79.9. The number of hydrogen-bond donors (Lipinski definition) is 1. The maximum Gasteiger partial charge on any atom is 0.125 e. The number of likely N-dealkylation sites (tertiary alicyclic amines) is 1. The molecule has 1 N–H and O–H groups in total. The van der Waals surface area contributed by atoms with Crippen molar-refractivity contribution in [2.24, 2.45) is 0 Å². The van der Waals surface area contributed by atoms with Crippen LogP contribution in [0.5, 0.6) is 5.75 Å². The van der Waals surface area contributed by atoms with E-state index >= 15 is 0 Å². The van der Waals surface area contributed by atoms with Crippen LogP contribution in [0.25, 0.3) is 0 Å². The van der Waals surface area contributed by atoms with E-state index in [2.05, 4.69) is 51.3 Å². The molecule has 2 unspecified atom stereocenters. The molecule has 4 rings (SSSR count). The Kier molecular flexibility index (Phi) is 3.51. The standard InChI is InChI=1S/C17H23BrN2O/c1-2-19-15-10-17(7-8-20(11-17)13-4-5-13)21-16-6-3-12(18)9-14(15)16/h3,6,9,13,15,19H,2,4-5,7-8,10-11H2,1H3. The fraction of sp³-hybridized carbons (Fsp3) is 0.647. The number of nitrogens with zero attached hydrogens (tertiary/aromatic N) is 1. The molecule has 1 saturated heterocycles. The van der Waals surface area contributed by atoms with E-state index in [0.29, 0.717) is 6.04 Å². The van der Waals surface area contributed by atoms with E-state index < -0.39 is 0 Å². The summed E-state index contributed by atoms with van der Waals surface area (Å²) in [6.07, 6.45) is 5.03. The summed E-state index contributed by atoms with van der Waals surface area (Å²) < 4.78 is 7.65. The summed E-state index contributed by atoms with van der Waals surface area (Å²) in [6, 6.07) is 7.69. The van der Waals surface area contributed by atoms with Gasteiger partial charge in [0.1, 0.15) is 11.4 Å². The van der Waals surface area contributed by atoms with Gasteiger partial charge < -0.3 is 10.1 Å². The average molecular weight is 351 g/mol. The second-order valence-electron chi connectivity index (χ2n) is 6.73.